The lowest BCUT2D eigenvalue weighted by Gasteiger charge is -2.32. The molecule has 1 fully saturated rings. The zero-order chi connectivity index (χ0) is 20.8. The molecule has 1 N–H and O–H groups in total. The molecule has 1 aliphatic rings. The molecule has 0 unspecified atom stereocenters. The Bertz CT molecular complexity index is 1110. The maximum atomic E-state index is 13.6. The summed E-state index contributed by atoms with van der Waals surface area (Å²) in [6.45, 7) is 3.77. The summed E-state index contributed by atoms with van der Waals surface area (Å²) in [5.74, 6) is 5.64. The topological polar surface area (TPSA) is 75.9 Å². The largest absolute Gasteiger partial charge is 0.305 e. The highest BCUT2D eigenvalue weighted by Crippen LogP contribution is 2.13. The zero-order valence-electron chi connectivity index (χ0n) is 16.6. The molecule has 0 amide bonds. The van der Waals surface area contributed by atoms with Crippen LogP contribution in [-0.4, -0.2) is 56.6 Å². The minimum Gasteiger partial charge on any atom is -0.305 e. The van der Waals surface area contributed by atoms with E-state index in [1.807, 2.05) is 0 Å². The van der Waals surface area contributed by atoms with Gasteiger partial charge in [0.05, 0.1) is 30.0 Å². The van der Waals surface area contributed by atoms with Gasteiger partial charge in [-0.1, -0.05) is 5.92 Å². The highest BCUT2D eigenvalue weighted by atomic mass is 19.1. The molecule has 3 aromatic rings. The van der Waals surface area contributed by atoms with Crippen LogP contribution in [0.2, 0.25) is 0 Å². The van der Waals surface area contributed by atoms with Gasteiger partial charge >= 0.3 is 0 Å². The summed E-state index contributed by atoms with van der Waals surface area (Å²) in [4.78, 5) is 26.8. The average Bonchev–Trinajstić information content (AvgIpc) is 2.77. The van der Waals surface area contributed by atoms with Crippen molar-refractivity contribution in [3.8, 4) is 11.8 Å². The Hall–Kier alpha value is -3.15. The summed E-state index contributed by atoms with van der Waals surface area (Å²) in [6, 6.07) is 4.93. The molecule has 0 bridgehead atoms. The number of likely N-dealkylation sites (tertiary alicyclic amines) is 1. The van der Waals surface area contributed by atoms with E-state index < -0.39 is 5.82 Å². The van der Waals surface area contributed by atoms with E-state index in [0.29, 0.717) is 35.9 Å². The zero-order valence-corrected chi connectivity index (χ0v) is 16.6. The second-order valence-corrected chi connectivity index (χ2v) is 7.27. The number of halogens is 1. The van der Waals surface area contributed by atoms with Gasteiger partial charge in [0.15, 0.2) is 0 Å². The van der Waals surface area contributed by atoms with Crippen LogP contribution in [0.1, 0.15) is 18.5 Å². The molecule has 30 heavy (non-hydrogen) atoms. The van der Waals surface area contributed by atoms with E-state index >= 15 is 0 Å². The van der Waals surface area contributed by atoms with Gasteiger partial charge in [-0.2, -0.15) is 0 Å². The fourth-order valence-electron chi connectivity index (χ4n) is 3.67. The predicted octanol–water partition coefficient (Wildman–Crippen LogP) is 1.43. The van der Waals surface area contributed by atoms with Crippen LogP contribution in [-0.2, 0) is 6.54 Å². The molecule has 3 aromatic heterocycles. The summed E-state index contributed by atoms with van der Waals surface area (Å²) in [6.07, 6.45) is 8.13. The highest BCUT2D eigenvalue weighted by Gasteiger charge is 2.18. The molecule has 4 heterocycles. The smallest absolute Gasteiger partial charge is 0.251 e. The van der Waals surface area contributed by atoms with Gasteiger partial charge in [-0.15, -0.1) is 0 Å². The molecule has 1 saturated heterocycles. The lowest BCUT2D eigenvalue weighted by Crippen LogP contribution is -2.44. The van der Waals surface area contributed by atoms with Crippen molar-refractivity contribution in [2.45, 2.75) is 25.4 Å². The van der Waals surface area contributed by atoms with Crippen molar-refractivity contribution < 1.29 is 4.39 Å². The van der Waals surface area contributed by atoms with Gasteiger partial charge in [-0.3, -0.25) is 14.8 Å². The lowest BCUT2D eigenvalue weighted by atomic mass is 10.1. The number of hydrogen-bond donors (Lipinski definition) is 1. The number of aromatic nitrogens is 4. The van der Waals surface area contributed by atoms with E-state index in [4.69, 9.17) is 0 Å². The van der Waals surface area contributed by atoms with Gasteiger partial charge in [0.1, 0.15) is 11.5 Å². The van der Waals surface area contributed by atoms with Crippen molar-refractivity contribution in [2.75, 3.05) is 26.2 Å². The maximum absolute atomic E-state index is 13.6. The van der Waals surface area contributed by atoms with Crippen LogP contribution in [0.5, 0.6) is 0 Å². The molecular weight excluding hydrogens is 383 g/mol. The molecule has 1 aliphatic heterocycles. The first-order chi connectivity index (χ1) is 14.7. The van der Waals surface area contributed by atoms with Crippen LogP contribution >= 0.6 is 0 Å². The minimum absolute atomic E-state index is 0.131. The SMILES string of the molecule is O=c1ccc2ncc(F)cc2n1CCN1CCC(NCC#Cc2cnccn2)CC1. The Morgan fingerprint density at radius 3 is 2.80 bits per heavy atom. The Morgan fingerprint density at radius 1 is 1.13 bits per heavy atom. The molecular formula is C22H23FN6O. The average molecular weight is 406 g/mol. The van der Waals surface area contributed by atoms with E-state index in [1.165, 1.54) is 18.3 Å². The quantitative estimate of drug-likeness (QED) is 0.646. The van der Waals surface area contributed by atoms with Crippen molar-refractivity contribution in [2.24, 2.45) is 0 Å². The Labute approximate surface area is 174 Å². The highest BCUT2D eigenvalue weighted by molar-refractivity contribution is 5.74. The summed E-state index contributed by atoms with van der Waals surface area (Å²) in [7, 11) is 0. The van der Waals surface area contributed by atoms with E-state index in [-0.39, 0.29) is 5.56 Å². The van der Waals surface area contributed by atoms with E-state index in [1.54, 1.807) is 29.2 Å². The molecule has 8 heteroatoms. The van der Waals surface area contributed by atoms with E-state index in [0.717, 1.165) is 32.5 Å². The van der Waals surface area contributed by atoms with Crippen molar-refractivity contribution >= 4 is 11.0 Å². The van der Waals surface area contributed by atoms with Crippen LogP contribution in [0.15, 0.2) is 47.8 Å². The number of fused-ring (bicyclic) bond motifs is 1. The van der Waals surface area contributed by atoms with Crippen LogP contribution in [0.4, 0.5) is 4.39 Å². The molecule has 0 radical (unpaired) electrons. The first-order valence-corrected chi connectivity index (χ1v) is 10.0. The second-order valence-electron chi connectivity index (χ2n) is 7.27. The first kappa shape index (κ1) is 20.1. The number of rotatable bonds is 5. The van der Waals surface area contributed by atoms with Crippen LogP contribution in [0.3, 0.4) is 0 Å². The van der Waals surface area contributed by atoms with Crippen LogP contribution < -0.4 is 10.9 Å². The van der Waals surface area contributed by atoms with Gasteiger partial charge in [-0.05, 0) is 37.9 Å². The summed E-state index contributed by atoms with van der Waals surface area (Å²) >= 11 is 0. The third-order valence-electron chi connectivity index (χ3n) is 5.29. The van der Waals surface area contributed by atoms with E-state index in [9.17, 15) is 9.18 Å². The summed E-state index contributed by atoms with van der Waals surface area (Å²) < 4.78 is 15.2. The minimum atomic E-state index is -0.434. The number of nitrogens with one attached hydrogen (secondary N) is 1. The normalized spacial score (nSPS) is 15.1. The standard InChI is InChI=1S/C22H23FN6O/c23-17-14-21-20(27-15-17)3-4-22(30)29(21)13-12-28-10-5-18(6-11-28)25-7-1-2-19-16-24-8-9-26-19/h3-4,8-9,14-16,18,25H,5-7,10-13H2. The van der Waals surface area contributed by atoms with Crippen molar-refractivity contribution in [1.82, 2.24) is 29.7 Å². The first-order valence-electron chi connectivity index (χ1n) is 10.0. The molecule has 0 saturated carbocycles. The van der Waals surface area contributed by atoms with Crippen molar-refractivity contribution in [3.05, 3.63) is 64.9 Å². The molecule has 4 rings (SSSR count). The van der Waals surface area contributed by atoms with Crippen molar-refractivity contribution in [1.29, 1.82) is 0 Å². The predicted molar refractivity (Wildman–Crippen MR) is 112 cm³/mol. The fourth-order valence-corrected chi connectivity index (χ4v) is 3.67. The fraction of sp³-hybridized carbons (Fsp3) is 0.364. The third-order valence-corrected chi connectivity index (χ3v) is 5.29. The van der Waals surface area contributed by atoms with Crippen LogP contribution in [0, 0.1) is 17.7 Å². The van der Waals surface area contributed by atoms with Crippen molar-refractivity contribution in [3.63, 3.8) is 0 Å². The number of piperidine rings is 1. The third kappa shape index (κ3) is 5.06. The van der Waals surface area contributed by atoms with Gasteiger partial charge in [0, 0.05) is 43.7 Å². The van der Waals surface area contributed by atoms with E-state index in [2.05, 4.69) is 37.0 Å². The van der Waals surface area contributed by atoms with Gasteiger partial charge in [0.25, 0.3) is 5.56 Å². The lowest BCUT2D eigenvalue weighted by molar-refractivity contribution is 0.194. The number of pyridine rings is 2. The molecule has 0 aliphatic carbocycles. The molecule has 0 aromatic carbocycles. The number of hydrogen-bond acceptors (Lipinski definition) is 6. The Kier molecular flexibility index (Phi) is 6.42. The Morgan fingerprint density at radius 2 is 2.00 bits per heavy atom. The maximum Gasteiger partial charge on any atom is 0.251 e. The number of nitrogens with zero attached hydrogens (tertiary/aromatic N) is 5. The molecule has 0 spiro atoms. The van der Waals surface area contributed by atoms with Gasteiger partial charge in [-0.25, -0.2) is 9.37 Å². The molecule has 7 nitrogen and oxygen atoms in total. The Balaban J connectivity index is 1.26. The second kappa shape index (κ2) is 9.57. The molecule has 0 atom stereocenters. The molecule has 154 valence electrons. The summed E-state index contributed by atoms with van der Waals surface area (Å²) in [5.41, 5.74) is 1.71. The monoisotopic (exact) mass is 406 g/mol. The van der Waals surface area contributed by atoms with Gasteiger partial charge < -0.3 is 14.8 Å². The summed E-state index contributed by atoms with van der Waals surface area (Å²) in [5, 5.41) is 3.47. The van der Waals surface area contributed by atoms with Gasteiger partial charge in [0.2, 0.25) is 0 Å². The van der Waals surface area contributed by atoms with Crippen LogP contribution in [0.25, 0.3) is 11.0 Å².